The Hall–Kier alpha value is -2.54. The minimum Gasteiger partial charge on any atom is -0.492 e. The summed E-state index contributed by atoms with van der Waals surface area (Å²) in [6.45, 7) is 4.65. The van der Waals surface area contributed by atoms with Crippen molar-refractivity contribution in [1.29, 1.82) is 0 Å². The molecule has 30 heavy (non-hydrogen) atoms. The van der Waals surface area contributed by atoms with E-state index in [1.165, 1.54) is 31.1 Å². The molecule has 0 heterocycles. The molecular weight excluding hydrogens is 398 g/mol. The Morgan fingerprint density at radius 2 is 1.77 bits per heavy atom. The van der Waals surface area contributed by atoms with Crippen LogP contribution in [0.25, 0.3) is 0 Å². The summed E-state index contributed by atoms with van der Waals surface area (Å²) < 4.78 is 28.7. The number of sulfone groups is 1. The van der Waals surface area contributed by atoms with Crippen molar-refractivity contribution in [2.75, 3.05) is 32.5 Å². The molecule has 162 valence electrons. The second kappa shape index (κ2) is 9.98. The van der Waals surface area contributed by atoms with Gasteiger partial charge in [-0.3, -0.25) is 4.99 Å². The lowest BCUT2D eigenvalue weighted by atomic mass is 9.64. The molecule has 1 aliphatic rings. The highest BCUT2D eigenvalue weighted by molar-refractivity contribution is 7.90. The van der Waals surface area contributed by atoms with Crippen LogP contribution in [0.15, 0.2) is 64.5 Å². The molecule has 6 nitrogen and oxygen atoms in total. The van der Waals surface area contributed by atoms with Crippen LogP contribution in [-0.4, -0.2) is 46.9 Å². The number of hydrogen-bond donors (Lipinski definition) is 2. The van der Waals surface area contributed by atoms with E-state index < -0.39 is 9.84 Å². The highest BCUT2D eigenvalue weighted by atomic mass is 32.2. The topological polar surface area (TPSA) is 79.8 Å². The molecule has 0 radical (unpaired) electrons. The van der Waals surface area contributed by atoms with Gasteiger partial charge in [0.1, 0.15) is 12.4 Å². The maximum Gasteiger partial charge on any atom is 0.191 e. The standard InChI is InChI=1S/C23H31N3O3S/c1-3-24-22(26-18-23(14-7-15-23)19-8-5-4-6-9-19)25-16-17-29-20-10-12-21(13-11-20)30(2,27)28/h4-6,8-13H,3,7,14-18H2,1-2H3,(H2,24,25,26). The molecule has 2 aromatic carbocycles. The van der Waals surface area contributed by atoms with Gasteiger partial charge >= 0.3 is 0 Å². The van der Waals surface area contributed by atoms with Crippen molar-refractivity contribution in [3.05, 3.63) is 60.2 Å². The second-order valence-corrected chi connectivity index (χ2v) is 9.73. The van der Waals surface area contributed by atoms with Crippen molar-refractivity contribution in [3.8, 4) is 5.75 Å². The van der Waals surface area contributed by atoms with Crippen LogP contribution in [0.1, 0.15) is 31.7 Å². The first-order chi connectivity index (χ1) is 14.4. The average Bonchev–Trinajstić information content (AvgIpc) is 2.71. The van der Waals surface area contributed by atoms with Gasteiger partial charge in [0, 0.05) is 18.2 Å². The molecule has 1 saturated carbocycles. The zero-order chi connectivity index (χ0) is 21.5. The number of hydrogen-bond acceptors (Lipinski definition) is 4. The van der Waals surface area contributed by atoms with Crippen LogP contribution < -0.4 is 15.4 Å². The van der Waals surface area contributed by atoms with E-state index in [1.54, 1.807) is 24.3 Å². The summed E-state index contributed by atoms with van der Waals surface area (Å²) in [5, 5.41) is 6.61. The van der Waals surface area contributed by atoms with Gasteiger partial charge in [-0.1, -0.05) is 36.8 Å². The molecule has 2 N–H and O–H groups in total. The molecule has 0 aromatic heterocycles. The fourth-order valence-electron chi connectivity index (χ4n) is 3.63. The molecule has 0 bridgehead atoms. The summed E-state index contributed by atoms with van der Waals surface area (Å²) in [6.07, 6.45) is 4.79. The van der Waals surface area contributed by atoms with Crippen LogP contribution in [0, 0.1) is 0 Å². The molecule has 2 aromatic rings. The lowest BCUT2D eigenvalue weighted by molar-refractivity contribution is 0.253. The van der Waals surface area contributed by atoms with Crippen LogP contribution in [0.2, 0.25) is 0 Å². The van der Waals surface area contributed by atoms with Crippen molar-refractivity contribution < 1.29 is 13.2 Å². The Balaban J connectivity index is 1.52. The minimum atomic E-state index is -3.19. The fraction of sp³-hybridized carbons (Fsp3) is 0.435. The SMILES string of the molecule is CCNC(=NCC1(c2ccccc2)CCC1)NCCOc1ccc(S(C)(=O)=O)cc1. The molecule has 1 aliphatic carbocycles. The molecule has 0 aliphatic heterocycles. The summed E-state index contributed by atoms with van der Waals surface area (Å²) in [4.78, 5) is 5.13. The maximum atomic E-state index is 11.5. The van der Waals surface area contributed by atoms with Crippen molar-refractivity contribution in [1.82, 2.24) is 10.6 Å². The number of aliphatic imine (C=N–C) groups is 1. The Labute approximate surface area is 179 Å². The monoisotopic (exact) mass is 429 g/mol. The van der Waals surface area contributed by atoms with Gasteiger partial charge in [-0.25, -0.2) is 8.42 Å². The molecule has 0 amide bonds. The molecule has 0 spiro atoms. The van der Waals surface area contributed by atoms with Crippen LogP contribution in [-0.2, 0) is 15.3 Å². The van der Waals surface area contributed by atoms with Crippen molar-refractivity contribution >= 4 is 15.8 Å². The van der Waals surface area contributed by atoms with E-state index >= 15 is 0 Å². The van der Waals surface area contributed by atoms with Gasteiger partial charge in [-0.05, 0) is 49.6 Å². The van der Waals surface area contributed by atoms with E-state index in [4.69, 9.17) is 9.73 Å². The summed E-state index contributed by atoms with van der Waals surface area (Å²) in [6, 6.07) is 17.1. The zero-order valence-corrected chi connectivity index (χ0v) is 18.5. The lowest BCUT2D eigenvalue weighted by Crippen LogP contribution is -2.42. The van der Waals surface area contributed by atoms with E-state index in [-0.39, 0.29) is 10.3 Å². The Kier molecular flexibility index (Phi) is 7.37. The van der Waals surface area contributed by atoms with E-state index in [2.05, 4.69) is 41.0 Å². The van der Waals surface area contributed by atoms with Crippen molar-refractivity contribution in [3.63, 3.8) is 0 Å². The molecule has 0 saturated heterocycles. The van der Waals surface area contributed by atoms with Gasteiger partial charge in [0.2, 0.25) is 0 Å². The Bertz CT molecular complexity index is 937. The number of ether oxygens (including phenoxy) is 1. The first-order valence-corrected chi connectivity index (χ1v) is 12.3. The van der Waals surface area contributed by atoms with E-state index in [1.807, 2.05) is 6.92 Å². The number of nitrogens with one attached hydrogen (secondary N) is 2. The number of rotatable bonds is 9. The van der Waals surface area contributed by atoms with Gasteiger partial charge < -0.3 is 15.4 Å². The van der Waals surface area contributed by atoms with Crippen LogP contribution in [0.5, 0.6) is 5.75 Å². The smallest absolute Gasteiger partial charge is 0.191 e. The molecule has 7 heteroatoms. The second-order valence-electron chi connectivity index (χ2n) is 7.71. The summed E-state index contributed by atoms with van der Waals surface area (Å²) in [5.74, 6) is 1.43. The summed E-state index contributed by atoms with van der Waals surface area (Å²) >= 11 is 0. The fourth-order valence-corrected chi connectivity index (χ4v) is 4.26. The first-order valence-electron chi connectivity index (χ1n) is 10.4. The maximum absolute atomic E-state index is 11.5. The van der Waals surface area contributed by atoms with Gasteiger partial charge in [0.25, 0.3) is 0 Å². The Morgan fingerprint density at radius 3 is 2.33 bits per heavy atom. The van der Waals surface area contributed by atoms with Gasteiger partial charge in [0.15, 0.2) is 15.8 Å². The van der Waals surface area contributed by atoms with Crippen LogP contribution in [0.3, 0.4) is 0 Å². The molecule has 0 atom stereocenters. The van der Waals surface area contributed by atoms with Gasteiger partial charge in [-0.15, -0.1) is 0 Å². The third-order valence-corrected chi connectivity index (χ3v) is 6.62. The molecule has 3 rings (SSSR count). The van der Waals surface area contributed by atoms with Gasteiger partial charge in [-0.2, -0.15) is 0 Å². The number of nitrogens with zero attached hydrogens (tertiary/aromatic N) is 1. The number of benzene rings is 2. The quantitative estimate of drug-likeness (QED) is 0.364. The highest BCUT2D eigenvalue weighted by Crippen LogP contribution is 2.43. The molecule has 1 fully saturated rings. The summed E-state index contributed by atoms with van der Waals surface area (Å²) in [5.41, 5.74) is 1.53. The largest absolute Gasteiger partial charge is 0.492 e. The molecular formula is C23H31N3O3S. The third-order valence-electron chi connectivity index (χ3n) is 5.50. The van der Waals surface area contributed by atoms with E-state index in [9.17, 15) is 8.42 Å². The predicted molar refractivity (Wildman–Crippen MR) is 121 cm³/mol. The zero-order valence-electron chi connectivity index (χ0n) is 17.7. The van der Waals surface area contributed by atoms with E-state index in [0.717, 1.165) is 19.0 Å². The average molecular weight is 430 g/mol. The first kappa shape index (κ1) is 22.2. The van der Waals surface area contributed by atoms with Crippen LogP contribution in [0.4, 0.5) is 0 Å². The molecule has 0 unspecified atom stereocenters. The van der Waals surface area contributed by atoms with Crippen molar-refractivity contribution in [2.45, 2.75) is 36.5 Å². The number of guanidine groups is 1. The Morgan fingerprint density at radius 1 is 1.07 bits per heavy atom. The lowest BCUT2D eigenvalue weighted by Gasteiger charge is -2.41. The van der Waals surface area contributed by atoms with Crippen LogP contribution >= 0.6 is 0 Å². The normalized spacial score (nSPS) is 15.9. The van der Waals surface area contributed by atoms with Crippen molar-refractivity contribution in [2.24, 2.45) is 4.99 Å². The minimum absolute atomic E-state index is 0.154. The summed E-state index contributed by atoms with van der Waals surface area (Å²) in [7, 11) is -3.19. The highest BCUT2D eigenvalue weighted by Gasteiger charge is 2.38. The third kappa shape index (κ3) is 5.75. The van der Waals surface area contributed by atoms with E-state index in [0.29, 0.717) is 18.9 Å². The van der Waals surface area contributed by atoms with Gasteiger partial charge in [0.05, 0.1) is 18.0 Å². The predicted octanol–water partition coefficient (Wildman–Crippen LogP) is 3.15.